The van der Waals surface area contributed by atoms with E-state index in [-0.39, 0.29) is 0 Å². The Balaban J connectivity index is 1.16. The fraction of sp³-hybridized carbons (Fsp3) is 0. The second kappa shape index (κ2) is 11.2. The molecule has 0 aliphatic carbocycles. The van der Waals surface area contributed by atoms with E-state index in [2.05, 4.69) is 180 Å². The van der Waals surface area contributed by atoms with Gasteiger partial charge in [0.15, 0.2) is 11.4 Å². The Kier molecular flexibility index (Phi) is 6.22. The van der Waals surface area contributed by atoms with Gasteiger partial charge in [0, 0.05) is 33.0 Å². The SMILES string of the molecule is c1ccc(-n2c3ccccc3c3cc(-c4ccc5oc6c(-c7cccc8ccccc78)nc(-c7cccc8ccccc78)nc6c5c4)ccc32)cc1. The maximum absolute atomic E-state index is 6.71. The van der Waals surface area contributed by atoms with Crippen molar-refractivity contribution in [3.05, 3.63) is 176 Å². The predicted molar refractivity (Wildman–Crippen MR) is 215 cm³/mol. The highest BCUT2D eigenvalue weighted by molar-refractivity contribution is 6.13. The highest BCUT2D eigenvalue weighted by atomic mass is 16.3. The van der Waals surface area contributed by atoms with Crippen LogP contribution >= 0.6 is 0 Å². The predicted octanol–water partition coefficient (Wildman–Crippen LogP) is 12.8. The maximum atomic E-state index is 6.71. The zero-order chi connectivity index (χ0) is 34.2. The molecule has 0 saturated carbocycles. The summed E-state index contributed by atoms with van der Waals surface area (Å²) >= 11 is 0. The Labute approximate surface area is 298 Å². The molecule has 0 bridgehead atoms. The fourth-order valence-electron chi connectivity index (χ4n) is 7.99. The van der Waals surface area contributed by atoms with Crippen molar-refractivity contribution in [2.75, 3.05) is 0 Å². The lowest BCUT2D eigenvalue weighted by Gasteiger charge is -2.10. The number of fused-ring (bicyclic) bond motifs is 8. The molecule has 8 aromatic carbocycles. The molecule has 0 atom stereocenters. The molecule has 4 nitrogen and oxygen atoms in total. The molecule has 3 aromatic heterocycles. The molecule has 242 valence electrons. The van der Waals surface area contributed by atoms with Gasteiger partial charge in [-0.3, -0.25) is 0 Å². The van der Waals surface area contributed by atoms with Gasteiger partial charge >= 0.3 is 0 Å². The van der Waals surface area contributed by atoms with Crippen LogP contribution in [0.4, 0.5) is 0 Å². The van der Waals surface area contributed by atoms with Gasteiger partial charge in [-0.2, -0.15) is 0 Å². The van der Waals surface area contributed by atoms with E-state index in [1.807, 2.05) is 0 Å². The second-order valence-electron chi connectivity index (χ2n) is 13.4. The largest absolute Gasteiger partial charge is 0.452 e. The first-order chi connectivity index (χ1) is 25.8. The molecule has 11 rings (SSSR count). The third-order valence-electron chi connectivity index (χ3n) is 10.4. The number of rotatable bonds is 4. The Morgan fingerprint density at radius 1 is 0.423 bits per heavy atom. The molecule has 0 aliphatic rings. The summed E-state index contributed by atoms with van der Waals surface area (Å²) in [6, 6.07) is 62.0. The molecular formula is C48H29N3O. The number of furan rings is 1. The molecule has 0 amide bonds. The van der Waals surface area contributed by atoms with Crippen LogP contribution in [0.15, 0.2) is 180 Å². The van der Waals surface area contributed by atoms with E-state index in [1.165, 1.54) is 21.8 Å². The number of benzene rings is 8. The van der Waals surface area contributed by atoms with E-state index in [1.54, 1.807) is 0 Å². The van der Waals surface area contributed by atoms with Gasteiger partial charge in [0.25, 0.3) is 0 Å². The molecule has 0 aliphatic heterocycles. The lowest BCUT2D eigenvalue weighted by Crippen LogP contribution is -1.95. The van der Waals surface area contributed by atoms with Gasteiger partial charge in [0.05, 0.1) is 11.0 Å². The van der Waals surface area contributed by atoms with E-state index >= 15 is 0 Å². The number of hydrogen-bond donors (Lipinski definition) is 0. The van der Waals surface area contributed by atoms with Crippen molar-refractivity contribution in [2.45, 2.75) is 0 Å². The Bertz CT molecular complexity index is 3180. The molecule has 0 fully saturated rings. The molecule has 11 aromatic rings. The number of nitrogens with zero attached hydrogens (tertiary/aromatic N) is 3. The number of hydrogen-bond acceptors (Lipinski definition) is 3. The van der Waals surface area contributed by atoms with Crippen molar-refractivity contribution in [1.82, 2.24) is 14.5 Å². The number of aromatic nitrogens is 3. The van der Waals surface area contributed by atoms with Crippen molar-refractivity contribution >= 4 is 65.4 Å². The first-order valence-corrected chi connectivity index (χ1v) is 17.6. The molecule has 0 unspecified atom stereocenters. The van der Waals surface area contributed by atoms with Crippen LogP contribution in [0.25, 0.3) is 105 Å². The summed E-state index contributed by atoms with van der Waals surface area (Å²) in [6.07, 6.45) is 0. The monoisotopic (exact) mass is 663 g/mol. The van der Waals surface area contributed by atoms with Gasteiger partial charge in [0.1, 0.15) is 16.8 Å². The Morgan fingerprint density at radius 2 is 1.02 bits per heavy atom. The lowest BCUT2D eigenvalue weighted by atomic mass is 9.99. The van der Waals surface area contributed by atoms with Crippen molar-refractivity contribution in [3.63, 3.8) is 0 Å². The third-order valence-corrected chi connectivity index (χ3v) is 10.4. The van der Waals surface area contributed by atoms with Crippen LogP contribution in [0.2, 0.25) is 0 Å². The summed E-state index contributed by atoms with van der Waals surface area (Å²) < 4.78 is 9.06. The van der Waals surface area contributed by atoms with Crippen LogP contribution < -0.4 is 0 Å². The normalized spacial score (nSPS) is 11.8. The average Bonchev–Trinajstić information content (AvgIpc) is 3.75. The van der Waals surface area contributed by atoms with Crippen LogP contribution in [-0.2, 0) is 0 Å². The summed E-state index contributed by atoms with van der Waals surface area (Å²) in [5.74, 6) is 0.676. The summed E-state index contributed by atoms with van der Waals surface area (Å²) in [6.45, 7) is 0. The van der Waals surface area contributed by atoms with Gasteiger partial charge in [-0.25, -0.2) is 9.97 Å². The van der Waals surface area contributed by atoms with E-state index in [4.69, 9.17) is 14.4 Å². The van der Waals surface area contributed by atoms with Crippen LogP contribution in [0.5, 0.6) is 0 Å². The van der Waals surface area contributed by atoms with Gasteiger partial charge in [-0.05, 0) is 75.1 Å². The summed E-state index contributed by atoms with van der Waals surface area (Å²) in [5.41, 5.74) is 10.8. The van der Waals surface area contributed by atoms with Crippen LogP contribution in [0.3, 0.4) is 0 Å². The first-order valence-electron chi connectivity index (χ1n) is 17.6. The van der Waals surface area contributed by atoms with Gasteiger partial charge in [-0.1, -0.05) is 133 Å². The van der Waals surface area contributed by atoms with Crippen molar-refractivity contribution in [2.24, 2.45) is 0 Å². The van der Waals surface area contributed by atoms with E-state index in [0.717, 1.165) is 71.7 Å². The molecule has 0 N–H and O–H groups in total. The second-order valence-corrected chi connectivity index (χ2v) is 13.4. The summed E-state index contributed by atoms with van der Waals surface area (Å²) in [5, 5.41) is 7.95. The topological polar surface area (TPSA) is 43.9 Å². The van der Waals surface area contributed by atoms with Crippen LogP contribution in [-0.4, -0.2) is 14.5 Å². The first kappa shape index (κ1) is 28.8. The Hall–Kier alpha value is -7.04. The highest BCUT2D eigenvalue weighted by Crippen LogP contribution is 2.41. The van der Waals surface area contributed by atoms with Crippen molar-refractivity contribution in [3.8, 4) is 39.5 Å². The van der Waals surface area contributed by atoms with Gasteiger partial charge < -0.3 is 8.98 Å². The lowest BCUT2D eigenvalue weighted by molar-refractivity contribution is 0.667. The van der Waals surface area contributed by atoms with Crippen molar-refractivity contribution < 1.29 is 4.42 Å². The minimum Gasteiger partial charge on any atom is -0.452 e. The maximum Gasteiger partial charge on any atom is 0.180 e. The molecule has 0 radical (unpaired) electrons. The molecule has 4 heteroatoms. The minimum atomic E-state index is 0.676. The average molecular weight is 664 g/mol. The van der Waals surface area contributed by atoms with E-state index < -0.39 is 0 Å². The molecular weight excluding hydrogens is 635 g/mol. The molecule has 0 spiro atoms. The van der Waals surface area contributed by atoms with Crippen molar-refractivity contribution in [1.29, 1.82) is 0 Å². The Morgan fingerprint density at radius 3 is 1.81 bits per heavy atom. The molecule has 3 heterocycles. The summed E-state index contributed by atoms with van der Waals surface area (Å²) in [7, 11) is 0. The van der Waals surface area contributed by atoms with Crippen LogP contribution in [0, 0.1) is 0 Å². The number of para-hydroxylation sites is 2. The molecule has 0 saturated heterocycles. The van der Waals surface area contributed by atoms with E-state index in [9.17, 15) is 0 Å². The zero-order valence-corrected chi connectivity index (χ0v) is 28.0. The smallest absolute Gasteiger partial charge is 0.180 e. The quantitative estimate of drug-likeness (QED) is 0.188. The third kappa shape index (κ3) is 4.34. The van der Waals surface area contributed by atoms with Gasteiger partial charge in [-0.15, -0.1) is 0 Å². The standard InChI is InChI=1S/C48H29N3O/c1-2-16-34(17-3-1)51-42-23-9-8-20-37(42)40-28-32(24-26-43(40)51)33-25-27-44-41(29-33)46-47(52-44)45(38-21-10-14-30-12-4-6-18-35(30)38)49-48(50-46)39-22-11-15-31-13-5-7-19-36(31)39/h1-29H. The fourth-order valence-corrected chi connectivity index (χ4v) is 7.99. The molecule has 52 heavy (non-hydrogen) atoms. The zero-order valence-electron chi connectivity index (χ0n) is 28.0. The minimum absolute atomic E-state index is 0.676. The summed E-state index contributed by atoms with van der Waals surface area (Å²) in [4.78, 5) is 10.6. The van der Waals surface area contributed by atoms with E-state index in [0.29, 0.717) is 11.4 Å². The highest BCUT2D eigenvalue weighted by Gasteiger charge is 2.21. The van der Waals surface area contributed by atoms with Gasteiger partial charge in [0.2, 0.25) is 0 Å². The van der Waals surface area contributed by atoms with Crippen LogP contribution in [0.1, 0.15) is 0 Å².